The first kappa shape index (κ1) is 16.7. The molecule has 1 rings (SSSR count). The van der Waals surface area contributed by atoms with E-state index < -0.39 is 20.0 Å². The smallest absolute Gasteiger partial charge is 0.250 e. The van der Waals surface area contributed by atoms with E-state index in [1.54, 1.807) is 12.1 Å². The van der Waals surface area contributed by atoms with E-state index in [0.29, 0.717) is 11.3 Å². The molecule has 20 heavy (non-hydrogen) atoms. The highest BCUT2D eigenvalue weighted by Gasteiger charge is 2.39. The van der Waals surface area contributed by atoms with E-state index >= 15 is 0 Å². The standard InChI is InChI=1S/C14H23FN2O2Si/c1-14(2,3)20(4,5)19-11-7-6-10(12(15)9-11)8-13(18)17-16/h6-7,9H,8,16H2,1-5H3,(H,17,18). The van der Waals surface area contributed by atoms with Crippen molar-refractivity contribution in [3.63, 3.8) is 0 Å². The summed E-state index contributed by atoms with van der Waals surface area (Å²) >= 11 is 0. The van der Waals surface area contributed by atoms with E-state index in [9.17, 15) is 9.18 Å². The van der Waals surface area contributed by atoms with Gasteiger partial charge in [-0.05, 0) is 29.8 Å². The highest BCUT2D eigenvalue weighted by molar-refractivity contribution is 6.74. The molecule has 4 nitrogen and oxygen atoms in total. The number of hydrazine groups is 1. The van der Waals surface area contributed by atoms with E-state index in [-0.39, 0.29) is 11.5 Å². The summed E-state index contributed by atoms with van der Waals surface area (Å²) in [4.78, 5) is 11.2. The van der Waals surface area contributed by atoms with Crippen LogP contribution in [0, 0.1) is 5.82 Å². The van der Waals surface area contributed by atoms with Gasteiger partial charge in [0.2, 0.25) is 14.2 Å². The molecule has 0 aliphatic heterocycles. The molecular weight excluding hydrogens is 275 g/mol. The Labute approximate surface area is 120 Å². The maximum Gasteiger partial charge on any atom is 0.250 e. The fourth-order valence-corrected chi connectivity index (χ4v) is 2.43. The predicted molar refractivity (Wildman–Crippen MR) is 80.3 cm³/mol. The lowest BCUT2D eigenvalue weighted by Gasteiger charge is -2.36. The van der Waals surface area contributed by atoms with Crippen molar-refractivity contribution < 1.29 is 13.6 Å². The molecule has 3 N–H and O–H groups in total. The van der Waals surface area contributed by atoms with Crippen LogP contribution < -0.4 is 15.7 Å². The summed E-state index contributed by atoms with van der Waals surface area (Å²) in [5.41, 5.74) is 2.28. The van der Waals surface area contributed by atoms with E-state index in [2.05, 4.69) is 33.9 Å². The third kappa shape index (κ3) is 4.04. The van der Waals surface area contributed by atoms with E-state index in [1.807, 2.05) is 5.43 Å². The first-order valence-electron chi connectivity index (χ1n) is 6.54. The molecule has 1 amide bonds. The van der Waals surface area contributed by atoms with Gasteiger partial charge in [-0.15, -0.1) is 0 Å². The minimum absolute atomic E-state index is 0.0432. The third-order valence-corrected chi connectivity index (χ3v) is 8.07. The zero-order valence-corrected chi connectivity index (χ0v) is 13.7. The summed E-state index contributed by atoms with van der Waals surface area (Å²) in [6, 6.07) is 4.59. The summed E-state index contributed by atoms with van der Waals surface area (Å²) in [5.74, 6) is 4.61. The summed E-state index contributed by atoms with van der Waals surface area (Å²) in [5, 5.41) is 0.0432. The first-order valence-corrected chi connectivity index (χ1v) is 9.44. The van der Waals surface area contributed by atoms with Crippen LogP contribution in [0.4, 0.5) is 4.39 Å². The lowest BCUT2D eigenvalue weighted by molar-refractivity contribution is -0.120. The first-order chi connectivity index (χ1) is 9.06. The molecule has 1 aromatic carbocycles. The van der Waals surface area contributed by atoms with Crippen LogP contribution in [0.2, 0.25) is 18.1 Å². The monoisotopic (exact) mass is 298 g/mol. The van der Waals surface area contributed by atoms with Crippen LogP contribution in [0.3, 0.4) is 0 Å². The van der Waals surface area contributed by atoms with Crippen LogP contribution in [-0.2, 0) is 11.2 Å². The Bertz CT molecular complexity index is 498. The number of carbonyl (C=O) groups excluding carboxylic acids is 1. The van der Waals surface area contributed by atoms with Gasteiger partial charge >= 0.3 is 0 Å². The van der Waals surface area contributed by atoms with Gasteiger partial charge in [0, 0.05) is 6.07 Å². The summed E-state index contributed by atoms with van der Waals surface area (Å²) in [7, 11) is -1.99. The van der Waals surface area contributed by atoms with Crippen molar-refractivity contribution in [2.75, 3.05) is 0 Å². The van der Waals surface area contributed by atoms with Crippen molar-refractivity contribution in [3.05, 3.63) is 29.6 Å². The number of carbonyl (C=O) groups is 1. The number of rotatable bonds is 4. The molecule has 0 saturated heterocycles. The number of benzene rings is 1. The van der Waals surface area contributed by atoms with E-state index in [0.717, 1.165) is 0 Å². The molecule has 0 atom stereocenters. The lowest BCUT2D eigenvalue weighted by atomic mass is 10.1. The van der Waals surface area contributed by atoms with Gasteiger partial charge in [0.15, 0.2) is 0 Å². The number of amides is 1. The molecule has 0 aliphatic carbocycles. The second-order valence-corrected chi connectivity index (χ2v) is 11.1. The van der Waals surface area contributed by atoms with Gasteiger partial charge in [-0.25, -0.2) is 10.2 Å². The predicted octanol–water partition coefficient (Wildman–Crippen LogP) is 2.74. The lowest BCUT2D eigenvalue weighted by Crippen LogP contribution is -2.43. The Balaban J connectivity index is 2.91. The number of halogens is 1. The average Bonchev–Trinajstić information content (AvgIpc) is 2.30. The minimum atomic E-state index is -1.99. The maximum absolute atomic E-state index is 13.9. The van der Waals surface area contributed by atoms with Crippen LogP contribution >= 0.6 is 0 Å². The normalized spacial score (nSPS) is 12.2. The van der Waals surface area contributed by atoms with Crippen molar-refractivity contribution in [1.29, 1.82) is 0 Å². The van der Waals surface area contributed by atoms with Crippen molar-refractivity contribution in [2.45, 2.75) is 45.3 Å². The molecule has 0 fully saturated rings. The summed E-state index contributed by atoms with van der Waals surface area (Å²) in [6.45, 7) is 10.6. The van der Waals surface area contributed by atoms with Gasteiger partial charge in [-0.2, -0.15) is 0 Å². The quantitative estimate of drug-likeness (QED) is 0.389. The van der Waals surface area contributed by atoms with Crippen LogP contribution in [0.5, 0.6) is 5.75 Å². The third-order valence-electron chi connectivity index (χ3n) is 3.72. The van der Waals surface area contributed by atoms with Crippen molar-refractivity contribution in [1.82, 2.24) is 5.43 Å². The van der Waals surface area contributed by atoms with Gasteiger partial charge in [-0.3, -0.25) is 10.2 Å². The van der Waals surface area contributed by atoms with E-state index in [4.69, 9.17) is 10.3 Å². The largest absolute Gasteiger partial charge is 0.543 e. The second-order valence-electron chi connectivity index (χ2n) is 6.36. The Morgan fingerprint density at radius 2 is 2.00 bits per heavy atom. The maximum atomic E-state index is 13.9. The fourth-order valence-electron chi connectivity index (χ4n) is 1.41. The number of hydrogen-bond acceptors (Lipinski definition) is 3. The molecule has 0 heterocycles. The Hall–Kier alpha value is -1.40. The molecular formula is C14H23FN2O2Si. The van der Waals surface area contributed by atoms with Crippen LogP contribution in [0.15, 0.2) is 18.2 Å². The zero-order valence-electron chi connectivity index (χ0n) is 12.7. The molecule has 0 radical (unpaired) electrons. The Morgan fingerprint density at radius 3 is 2.45 bits per heavy atom. The van der Waals surface area contributed by atoms with Gasteiger partial charge in [0.05, 0.1) is 6.42 Å². The highest BCUT2D eigenvalue weighted by atomic mass is 28.4. The van der Waals surface area contributed by atoms with Crippen LogP contribution in [0.1, 0.15) is 26.3 Å². The molecule has 0 unspecified atom stereocenters. The van der Waals surface area contributed by atoms with Crippen molar-refractivity contribution >= 4 is 14.2 Å². The van der Waals surface area contributed by atoms with Crippen LogP contribution in [0.25, 0.3) is 0 Å². The van der Waals surface area contributed by atoms with Gasteiger partial charge < -0.3 is 4.43 Å². The molecule has 0 aromatic heterocycles. The van der Waals surface area contributed by atoms with Crippen molar-refractivity contribution in [3.8, 4) is 5.75 Å². The molecule has 0 saturated carbocycles. The fraction of sp³-hybridized carbons (Fsp3) is 0.500. The highest BCUT2D eigenvalue weighted by Crippen LogP contribution is 2.37. The second kappa shape index (κ2) is 5.93. The molecule has 1 aromatic rings. The van der Waals surface area contributed by atoms with Crippen LogP contribution in [-0.4, -0.2) is 14.2 Å². The SMILES string of the molecule is CC(C)(C)[Si](C)(C)Oc1ccc(CC(=O)NN)c(F)c1. The molecule has 6 heteroatoms. The van der Waals surface area contributed by atoms with Gasteiger partial charge in [0.25, 0.3) is 0 Å². The number of nitrogens with one attached hydrogen (secondary N) is 1. The zero-order chi connectivity index (χ0) is 15.6. The molecule has 0 aliphatic rings. The van der Waals surface area contributed by atoms with E-state index in [1.165, 1.54) is 6.07 Å². The van der Waals surface area contributed by atoms with Crippen molar-refractivity contribution in [2.24, 2.45) is 5.84 Å². The van der Waals surface area contributed by atoms with Gasteiger partial charge in [0.1, 0.15) is 11.6 Å². The summed E-state index contributed by atoms with van der Waals surface area (Å²) < 4.78 is 19.9. The molecule has 112 valence electrons. The topological polar surface area (TPSA) is 64.3 Å². The number of nitrogens with two attached hydrogens (primary N) is 1. The average molecular weight is 298 g/mol. The Kier molecular flexibility index (Phi) is 4.93. The van der Waals surface area contributed by atoms with Gasteiger partial charge in [-0.1, -0.05) is 26.8 Å². The molecule has 0 bridgehead atoms. The number of hydrogen-bond donors (Lipinski definition) is 2. The molecule has 0 spiro atoms. The summed E-state index contributed by atoms with van der Waals surface area (Å²) in [6.07, 6.45) is -0.0806. The Morgan fingerprint density at radius 1 is 1.40 bits per heavy atom. The minimum Gasteiger partial charge on any atom is -0.543 e.